The van der Waals surface area contributed by atoms with Crippen LogP contribution in [-0.2, 0) is 19.5 Å². The number of aromatic nitrogens is 1. The molecular formula is C13H17ClN2O4S. The molecule has 1 aromatic rings. The predicted octanol–water partition coefficient (Wildman–Crippen LogP) is 1.51. The fourth-order valence-corrected chi connectivity index (χ4v) is 4.23. The maximum atomic E-state index is 12.5. The Kier molecular flexibility index (Phi) is 4.46. The molecule has 8 heteroatoms. The lowest BCUT2D eigenvalue weighted by Gasteiger charge is -2.33. The summed E-state index contributed by atoms with van der Waals surface area (Å²) in [4.78, 5) is 4.02. The average Bonchev–Trinajstić information content (AvgIpc) is 3.02. The molecule has 0 aliphatic carbocycles. The molecule has 2 fully saturated rings. The molecule has 3 rings (SSSR count). The topological polar surface area (TPSA) is 68.7 Å². The number of halogens is 1. The Labute approximate surface area is 129 Å². The first-order chi connectivity index (χ1) is 10.1. The first kappa shape index (κ1) is 15.2. The minimum Gasteiger partial charge on any atom is -0.350 e. The van der Waals surface area contributed by atoms with E-state index in [4.69, 9.17) is 21.1 Å². The quantitative estimate of drug-likeness (QED) is 0.785. The summed E-state index contributed by atoms with van der Waals surface area (Å²) in [7, 11) is -3.50. The van der Waals surface area contributed by atoms with Crippen molar-refractivity contribution in [2.75, 3.05) is 26.3 Å². The van der Waals surface area contributed by atoms with E-state index in [9.17, 15) is 8.42 Å². The van der Waals surface area contributed by atoms with Crippen molar-refractivity contribution in [3.05, 3.63) is 23.5 Å². The van der Waals surface area contributed by atoms with Crippen molar-refractivity contribution in [3.8, 4) is 0 Å². The number of sulfonamides is 1. The van der Waals surface area contributed by atoms with Crippen molar-refractivity contribution in [1.29, 1.82) is 0 Å². The van der Waals surface area contributed by atoms with Crippen LogP contribution in [0.4, 0.5) is 0 Å². The van der Waals surface area contributed by atoms with Gasteiger partial charge in [0, 0.05) is 25.2 Å². The molecule has 0 saturated carbocycles. The predicted molar refractivity (Wildman–Crippen MR) is 76.4 cm³/mol. The molecule has 1 aromatic heterocycles. The van der Waals surface area contributed by atoms with Gasteiger partial charge in [0.1, 0.15) is 10.0 Å². The fourth-order valence-electron chi connectivity index (χ4n) is 2.70. The lowest BCUT2D eigenvalue weighted by molar-refractivity contribution is -0.0938. The molecule has 2 aliphatic rings. The summed E-state index contributed by atoms with van der Waals surface area (Å²) in [5.74, 6) is 0.266. The Balaban J connectivity index is 1.66. The highest BCUT2D eigenvalue weighted by Gasteiger charge is 2.34. The molecule has 0 spiro atoms. The van der Waals surface area contributed by atoms with Crippen molar-refractivity contribution in [2.45, 2.75) is 24.0 Å². The third-order valence-electron chi connectivity index (χ3n) is 3.87. The van der Waals surface area contributed by atoms with Crippen LogP contribution in [0.25, 0.3) is 0 Å². The Hall–Kier alpha value is -0.730. The molecule has 6 nitrogen and oxygen atoms in total. The number of hydrogen-bond donors (Lipinski definition) is 0. The molecule has 0 unspecified atom stereocenters. The summed E-state index contributed by atoms with van der Waals surface area (Å²) in [5, 5.41) is 0.281. The van der Waals surface area contributed by atoms with Gasteiger partial charge in [0.2, 0.25) is 10.0 Å². The van der Waals surface area contributed by atoms with Gasteiger partial charge in [-0.25, -0.2) is 13.4 Å². The van der Waals surface area contributed by atoms with Gasteiger partial charge >= 0.3 is 0 Å². The third-order valence-corrected chi connectivity index (χ3v) is 5.97. The Bertz CT molecular complexity index is 579. The zero-order valence-electron chi connectivity index (χ0n) is 11.4. The van der Waals surface area contributed by atoms with Crippen molar-refractivity contribution >= 4 is 21.6 Å². The van der Waals surface area contributed by atoms with Crippen LogP contribution in [0.3, 0.4) is 0 Å². The largest absolute Gasteiger partial charge is 0.350 e. The van der Waals surface area contributed by atoms with Gasteiger partial charge in [-0.1, -0.05) is 11.6 Å². The van der Waals surface area contributed by atoms with Crippen LogP contribution in [-0.4, -0.2) is 50.3 Å². The number of pyridine rings is 1. The van der Waals surface area contributed by atoms with Crippen LogP contribution >= 0.6 is 11.6 Å². The molecule has 0 aromatic carbocycles. The minimum atomic E-state index is -3.50. The summed E-state index contributed by atoms with van der Waals surface area (Å²) < 4.78 is 37.5. The van der Waals surface area contributed by atoms with Gasteiger partial charge < -0.3 is 9.47 Å². The van der Waals surface area contributed by atoms with Gasteiger partial charge in [-0.3, -0.25) is 0 Å². The van der Waals surface area contributed by atoms with Gasteiger partial charge in [-0.05, 0) is 25.0 Å². The molecule has 0 amide bonds. The number of rotatable bonds is 3. The molecule has 0 bridgehead atoms. The smallest absolute Gasteiger partial charge is 0.244 e. The number of ether oxygens (including phenoxy) is 2. The molecule has 0 atom stereocenters. The van der Waals surface area contributed by atoms with E-state index >= 15 is 0 Å². The lowest BCUT2D eigenvalue weighted by Crippen LogP contribution is -2.41. The highest BCUT2D eigenvalue weighted by atomic mass is 35.5. The highest BCUT2D eigenvalue weighted by molar-refractivity contribution is 7.89. The Morgan fingerprint density at radius 1 is 1.19 bits per heavy atom. The molecule has 21 heavy (non-hydrogen) atoms. The zero-order valence-corrected chi connectivity index (χ0v) is 13.0. The van der Waals surface area contributed by atoms with Crippen LogP contribution < -0.4 is 0 Å². The van der Waals surface area contributed by atoms with E-state index in [0.717, 1.165) is 12.8 Å². The van der Waals surface area contributed by atoms with Crippen LogP contribution in [0.2, 0.25) is 5.15 Å². The molecule has 0 radical (unpaired) electrons. The second kappa shape index (κ2) is 6.18. The first-order valence-electron chi connectivity index (χ1n) is 6.92. The number of piperidine rings is 1. The van der Waals surface area contributed by atoms with Gasteiger partial charge in [0.05, 0.1) is 13.2 Å². The summed E-state index contributed by atoms with van der Waals surface area (Å²) in [6.45, 7) is 2.19. The first-order valence-corrected chi connectivity index (χ1v) is 8.74. The maximum Gasteiger partial charge on any atom is 0.244 e. The Morgan fingerprint density at radius 3 is 2.43 bits per heavy atom. The van der Waals surface area contributed by atoms with E-state index in [1.165, 1.54) is 22.6 Å². The van der Waals surface area contributed by atoms with E-state index in [1.807, 2.05) is 0 Å². The monoisotopic (exact) mass is 332 g/mol. The highest BCUT2D eigenvalue weighted by Crippen LogP contribution is 2.28. The standard InChI is InChI=1S/C13H17ClN2O4S/c14-12-2-1-11(9-15-12)21(17,18)16-5-3-10(4-6-16)13-19-7-8-20-13/h1-2,9-10,13H,3-8H2. The molecule has 2 saturated heterocycles. The van der Waals surface area contributed by atoms with E-state index < -0.39 is 10.0 Å². The summed E-state index contributed by atoms with van der Waals surface area (Å²) in [5.41, 5.74) is 0. The molecule has 3 heterocycles. The lowest BCUT2D eigenvalue weighted by atomic mass is 9.98. The molecule has 116 valence electrons. The summed E-state index contributed by atoms with van der Waals surface area (Å²) in [6.07, 6.45) is 2.61. The van der Waals surface area contributed by atoms with Crippen molar-refractivity contribution in [2.24, 2.45) is 5.92 Å². The average molecular weight is 333 g/mol. The SMILES string of the molecule is O=S(=O)(c1ccc(Cl)nc1)N1CCC(C2OCCO2)CC1. The molecule has 2 aliphatic heterocycles. The van der Waals surface area contributed by atoms with E-state index in [-0.39, 0.29) is 22.3 Å². The van der Waals surface area contributed by atoms with Crippen molar-refractivity contribution in [1.82, 2.24) is 9.29 Å². The second-order valence-electron chi connectivity index (χ2n) is 5.17. The van der Waals surface area contributed by atoms with Crippen LogP contribution in [0.15, 0.2) is 23.2 Å². The zero-order chi connectivity index (χ0) is 14.9. The van der Waals surface area contributed by atoms with E-state index in [0.29, 0.717) is 26.3 Å². The van der Waals surface area contributed by atoms with Gasteiger partial charge in [-0.15, -0.1) is 0 Å². The van der Waals surface area contributed by atoms with Gasteiger partial charge in [0.15, 0.2) is 6.29 Å². The maximum absolute atomic E-state index is 12.5. The summed E-state index contributed by atoms with van der Waals surface area (Å²) in [6, 6.07) is 2.97. The van der Waals surface area contributed by atoms with Crippen LogP contribution in [0.5, 0.6) is 0 Å². The molecule has 0 N–H and O–H groups in total. The normalized spacial score (nSPS) is 22.7. The second-order valence-corrected chi connectivity index (χ2v) is 7.49. The van der Waals surface area contributed by atoms with E-state index in [2.05, 4.69) is 4.98 Å². The van der Waals surface area contributed by atoms with E-state index in [1.54, 1.807) is 0 Å². The third kappa shape index (κ3) is 3.22. The van der Waals surface area contributed by atoms with Gasteiger partial charge in [-0.2, -0.15) is 4.31 Å². The molecular weight excluding hydrogens is 316 g/mol. The number of nitrogens with zero attached hydrogens (tertiary/aromatic N) is 2. The van der Waals surface area contributed by atoms with Crippen LogP contribution in [0.1, 0.15) is 12.8 Å². The fraction of sp³-hybridized carbons (Fsp3) is 0.615. The van der Waals surface area contributed by atoms with Crippen molar-refractivity contribution in [3.63, 3.8) is 0 Å². The minimum absolute atomic E-state index is 0.174. The Morgan fingerprint density at radius 2 is 1.86 bits per heavy atom. The number of hydrogen-bond acceptors (Lipinski definition) is 5. The van der Waals surface area contributed by atoms with Crippen LogP contribution in [0, 0.1) is 5.92 Å². The van der Waals surface area contributed by atoms with Gasteiger partial charge in [0.25, 0.3) is 0 Å². The van der Waals surface area contributed by atoms with Crippen molar-refractivity contribution < 1.29 is 17.9 Å². The summed E-state index contributed by atoms with van der Waals surface area (Å²) >= 11 is 5.69.